The van der Waals surface area contributed by atoms with Gasteiger partial charge >= 0.3 is 0 Å². The number of likely N-dealkylation sites (tertiary alicyclic amines) is 1. The molecule has 0 bridgehead atoms. The molecule has 1 unspecified atom stereocenters. The van der Waals surface area contributed by atoms with Crippen LogP contribution in [0.2, 0.25) is 0 Å². The summed E-state index contributed by atoms with van der Waals surface area (Å²) in [7, 11) is 1.61. The first-order valence-corrected chi connectivity index (χ1v) is 14.0. The van der Waals surface area contributed by atoms with Crippen molar-refractivity contribution in [2.75, 3.05) is 26.8 Å². The molecule has 37 heavy (non-hydrogen) atoms. The van der Waals surface area contributed by atoms with E-state index in [9.17, 15) is 14.0 Å². The smallest absolute Gasteiger partial charge is 0.253 e. The molecule has 3 aliphatic rings. The minimum Gasteiger partial charge on any atom is -0.493 e. The molecule has 2 aliphatic carbocycles. The summed E-state index contributed by atoms with van der Waals surface area (Å²) in [5.41, 5.74) is 1.47. The monoisotopic (exact) mass is 572 g/mol. The molecule has 0 radical (unpaired) electrons. The molecular weight excluding hydrogens is 539 g/mol. The molecule has 2 aromatic rings. The lowest BCUT2D eigenvalue weighted by atomic mass is 9.59. The van der Waals surface area contributed by atoms with Crippen LogP contribution in [0, 0.1) is 17.2 Å². The van der Waals surface area contributed by atoms with Gasteiger partial charge in [-0.05, 0) is 98.2 Å². The van der Waals surface area contributed by atoms with Gasteiger partial charge in [-0.2, -0.15) is 0 Å². The molecule has 2 saturated carbocycles. The summed E-state index contributed by atoms with van der Waals surface area (Å²) in [6.07, 6.45) is 6.98. The second kappa shape index (κ2) is 11.0. The standard InChI is InChI=1S/C29H34BrFN2O4/c1-36-24-8-4-21(17-25(24)37-18-19-2-3-19)28(35)33-14-12-29(13-15-33)11-10-26(29)32-27(34)9-5-20-16-22(31)6-7-23(20)30/h4,6-8,16-17,19,26H,2-3,5,9-15,18H2,1H3,(H,32,34). The van der Waals surface area contributed by atoms with Crippen molar-refractivity contribution in [1.82, 2.24) is 10.2 Å². The summed E-state index contributed by atoms with van der Waals surface area (Å²) >= 11 is 3.43. The van der Waals surface area contributed by atoms with E-state index in [1.807, 2.05) is 4.90 Å². The van der Waals surface area contributed by atoms with E-state index < -0.39 is 0 Å². The topological polar surface area (TPSA) is 67.9 Å². The number of benzene rings is 2. The Morgan fingerprint density at radius 3 is 2.54 bits per heavy atom. The quantitative estimate of drug-likeness (QED) is 0.429. The number of ether oxygens (including phenoxy) is 2. The van der Waals surface area contributed by atoms with Crippen LogP contribution in [0.4, 0.5) is 4.39 Å². The number of halogens is 2. The van der Waals surface area contributed by atoms with E-state index in [2.05, 4.69) is 21.2 Å². The Morgan fingerprint density at radius 1 is 1.08 bits per heavy atom. The number of aryl methyl sites for hydroxylation is 1. The van der Waals surface area contributed by atoms with E-state index in [1.165, 1.54) is 25.0 Å². The summed E-state index contributed by atoms with van der Waals surface area (Å²) in [6.45, 7) is 2.00. The van der Waals surface area contributed by atoms with E-state index in [1.54, 1.807) is 31.4 Å². The Balaban J connectivity index is 1.13. The SMILES string of the molecule is COc1ccc(C(=O)N2CCC3(CCC3NC(=O)CCc3cc(F)ccc3Br)CC2)cc1OCC1CC1. The molecular formula is C29H34BrFN2O4. The van der Waals surface area contributed by atoms with Crippen molar-refractivity contribution in [2.24, 2.45) is 11.3 Å². The number of hydrogen-bond donors (Lipinski definition) is 1. The van der Waals surface area contributed by atoms with Crippen molar-refractivity contribution in [3.05, 3.63) is 57.8 Å². The molecule has 5 rings (SSSR count). The first kappa shape index (κ1) is 26.0. The van der Waals surface area contributed by atoms with Gasteiger partial charge < -0.3 is 19.7 Å². The van der Waals surface area contributed by atoms with E-state index in [4.69, 9.17) is 9.47 Å². The minimum absolute atomic E-state index is 0.00398. The fourth-order valence-electron chi connectivity index (χ4n) is 5.52. The molecule has 2 amide bonds. The van der Waals surface area contributed by atoms with Gasteiger partial charge in [-0.3, -0.25) is 9.59 Å². The van der Waals surface area contributed by atoms with Crippen LogP contribution in [0.1, 0.15) is 60.9 Å². The highest BCUT2D eigenvalue weighted by Crippen LogP contribution is 2.49. The predicted octanol–water partition coefficient (Wildman–Crippen LogP) is 5.52. The van der Waals surface area contributed by atoms with Crippen molar-refractivity contribution < 1.29 is 23.5 Å². The molecule has 1 saturated heterocycles. The fourth-order valence-corrected chi connectivity index (χ4v) is 5.97. The van der Waals surface area contributed by atoms with E-state index in [-0.39, 0.29) is 29.1 Å². The second-order valence-corrected chi connectivity index (χ2v) is 11.5. The van der Waals surface area contributed by atoms with Crippen LogP contribution >= 0.6 is 15.9 Å². The first-order valence-electron chi connectivity index (χ1n) is 13.2. The molecule has 1 aliphatic heterocycles. The third-order valence-electron chi connectivity index (χ3n) is 8.26. The first-order chi connectivity index (χ1) is 17.9. The molecule has 6 nitrogen and oxygen atoms in total. The van der Waals surface area contributed by atoms with Gasteiger partial charge in [-0.15, -0.1) is 0 Å². The maximum Gasteiger partial charge on any atom is 0.253 e. The number of amides is 2. The van der Waals surface area contributed by atoms with E-state index in [0.29, 0.717) is 55.5 Å². The Bertz CT molecular complexity index is 1160. The Labute approximate surface area is 226 Å². The highest BCUT2D eigenvalue weighted by atomic mass is 79.9. The average Bonchev–Trinajstić information content (AvgIpc) is 3.74. The summed E-state index contributed by atoms with van der Waals surface area (Å²) < 4.78 is 25.7. The summed E-state index contributed by atoms with van der Waals surface area (Å²) in [4.78, 5) is 27.9. The number of carbonyl (C=O) groups excluding carboxylic acids is 2. The maximum absolute atomic E-state index is 13.5. The van der Waals surface area contributed by atoms with Gasteiger partial charge in [0.15, 0.2) is 11.5 Å². The number of carbonyl (C=O) groups is 2. The Kier molecular flexibility index (Phi) is 7.75. The largest absolute Gasteiger partial charge is 0.493 e. The van der Waals surface area contributed by atoms with Crippen LogP contribution < -0.4 is 14.8 Å². The lowest BCUT2D eigenvalue weighted by molar-refractivity contribution is -0.125. The van der Waals surface area contributed by atoms with Gasteiger partial charge in [0.2, 0.25) is 5.91 Å². The lowest BCUT2D eigenvalue weighted by Crippen LogP contribution is -2.59. The van der Waals surface area contributed by atoms with Crippen LogP contribution in [-0.2, 0) is 11.2 Å². The van der Waals surface area contributed by atoms with Crippen LogP contribution in [0.5, 0.6) is 11.5 Å². The van der Waals surface area contributed by atoms with Gasteiger partial charge in [0.05, 0.1) is 13.7 Å². The van der Waals surface area contributed by atoms with Gasteiger partial charge in [0, 0.05) is 35.6 Å². The van der Waals surface area contributed by atoms with Crippen LogP contribution in [-0.4, -0.2) is 49.6 Å². The molecule has 2 aromatic carbocycles. The molecule has 0 aromatic heterocycles. The lowest BCUT2D eigenvalue weighted by Gasteiger charge is -2.54. The number of methoxy groups -OCH3 is 1. The minimum atomic E-state index is -0.297. The molecule has 1 atom stereocenters. The summed E-state index contributed by atoms with van der Waals surface area (Å²) in [5.74, 6) is 1.59. The zero-order valence-electron chi connectivity index (χ0n) is 21.2. The van der Waals surface area contributed by atoms with E-state index >= 15 is 0 Å². The van der Waals surface area contributed by atoms with E-state index in [0.717, 1.165) is 35.7 Å². The number of hydrogen-bond acceptors (Lipinski definition) is 4. The Morgan fingerprint density at radius 2 is 1.86 bits per heavy atom. The van der Waals surface area contributed by atoms with Gasteiger partial charge in [-0.1, -0.05) is 15.9 Å². The Hall–Kier alpha value is -2.61. The molecule has 3 fully saturated rings. The second-order valence-electron chi connectivity index (χ2n) is 10.7. The predicted molar refractivity (Wildman–Crippen MR) is 142 cm³/mol. The molecule has 198 valence electrons. The highest BCUT2D eigenvalue weighted by molar-refractivity contribution is 9.10. The van der Waals surface area contributed by atoms with Gasteiger partial charge in [0.1, 0.15) is 5.82 Å². The highest BCUT2D eigenvalue weighted by Gasteiger charge is 2.49. The average molecular weight is 574 g/mol. The third kappa shape index (κ3) is 5.95. The molecule has 1 heterocycles. The zero-order valence-corrected chi connectivity index (χ0v) is 22.8. The zero-order chi connectivity index (χ0) is 26.0. The van der Waals surface area contributed by atoms with Crippen molar-refractivity contribution >= 4 is 27.7 Å². The van der Waals surface area contributed by atoms with Crippen molar-refractivity contribution in [3.63, 3.8) is 0 Å². The number of nitrogens with one attached hydrogen (secondary N) is 1. The number of piperidine rings is 1. The van der Waals surface area contributed by atoms with Gasteiger partial charge in [-0.25, -0.2) is 4.39 Å². The van der Waals surface area contributed by atoms with Crippen LogP contribution in [0.3, 0.4) is 0 Å². The third-order valence-corrected chi connectivity index (χ3v) is 9.04. The fraction of sp³-hybridized carbons (Fsp3) is 0.517. The van der Waals surface area contributed by atoms with Crippen LogP contribution in [0.15, 0.2) is 40.9 Å². The van der Waals surface area contributed by atoms with Crippen molar-refractivity contribution in [3.8, 4) is 11.5 Å². The normalized spacial score (nSPS) is 20.3. The molecule has 1 N–H and O–H groups in total. The van der Waals surface area contributed by atoms with Crippen molar-refractivity contribution in [2.45, 2.75) is 57.4 Å². The van der Waals surface area contributed by atoms with Crippen molar-refractivity contribution in [1.29, 1.82) is 0 Å². The number of nitrogens with zero attached hydrogens (tertiary/aromatic N) is 1. The summed E-state index contributed by atoms with van der Waals surface area (Å²) in [5, 5.41) is 3.22. The number of rotatable bonds is 9. The van der Waals surface area contributed by atoms with Crippen LogP contribution in [0.25, 0.3) is 0 Å². The summed E-state index contributed by atoms with van der Waals surface area (Å²) in [6, 6.07) is 10.1. The molecule has 1 spiro atoms. The van der Waals surface area contributed by atoms with Gasteiger partial charge in [0.25, 0.3) is 5.91 Å². The maximum atomic E-state index is 13.5. The molecule has 8 heteroatoms.